The number of carbonyl (C=O) groups is 1. The number of carboxylic acid groups (broad SMARTS) is 1. The first kappa shape index (κ1) is 35.4. The van der Waals surface area contributed by atoms with Crippen LogP contribution in [0, 0.1) is 5.41 Å². The van der Waals surface area contributed by atoms with E-state index >= 15 is 0 Å². The molecule has 0 spiro atoms. The average Bonchev–Trinajstić information content (AvgIpc) is 2.88. The Hall–Kier alpha value is -0.610. The van der Waals surface area contributed by atoms with Crippen LogP contribution in [0.15, 0.2) is 0 Å². The van der Waals surface area contributed by atoms with Gasteiger partial charge in [-0.25, -0.2) is 0 Å². The fourth-order valence-electron chi connectivity index (χ4n) is 5.33. The van der Waals surface area contributed by atoms with Gasteiger partial charge in [-0.15, -0.1) is 0 Å². The molecule has 0 bridgehead atoms. The van der Waals surface area contributed by atoms with Gasteiger partial charge in [0.1, 0.15) is 0 Å². The van der Waals surface area contributed by atoms with Crippen LogP contribution < -0.4 is 0 Å². The third-order valence-corrected chi connectivity index (χ3v) is 8.10. The first-order chi connectivity index (χ1) is 17.6. The molecule has 0 saturated heterocycles. The molecule has 4 nitrogen and oxygen atoms in total. The van der Waals surface area contributed by atoms with Gasteiger partial charge in [0.05, 0.1) is 13.2 Å². The number of rotatable bonds is 30. The third kappa shape index (κ3) is 23.8. The molecule has 0 aromatic rings. The molecule has 0 aliphatic heterocycles. The quantitative estimate of drug-likeness (QED) is 0.0837. The minimum absolute atomic E-state index is 0.0144. The Kier molecular flexibility index (Phi) is 27.0. The Morgan fingerprint density at radius 2 is 0.750 bits per heavy atom. The van der Waals surface area contributed by atoms with Crippen molar-refractivity contribution in [2.24, 2.45) is 5.41 Å². The van der Waals surface area contributed by atoms with Crippen LogP contribution in [0.4, 0.5) is 0 Å². The van der Waals surface area contributed by atoms with Crippen molar-refractivity contribution in [2.75, 3.05) is 13.2 Å². The molecular weight excluding hydrogens is 448 g/mol. The van der Waals surface area contributed by atoms with Crippen LogP contribution in [0.25, 0.3) is 0 Å². The van der Waals surface area contributed by atoms with Crippen LogP contribution in [0.3, 0.4) is 0 Å². The van der Waals surface area contributed by atoms with Crippen LogP contribution in [-0.4, -0.2) is 34.5 Å². The normalized spacial score (nSPS) is 11.9. The molecular formula is C32H64O4. The summed E-state index contributed by atoms with van der Waals surface area (Å²) in [5.41, 5.74) is -0.620. The molecule has 0 aromatic heterocycles. The van der Waals surface area contributed by atoms with Gasteiger partial charge >= 0.3 is 5.97 Å². The zero-order chi connectivity index (χ0) is 26.6. The van der Waals surface area contributed by atoms with Gasteiger partial charge in [0.25, 0.3) is 0 Å². The minimum Gasteiger partial charge on any atom is -0.481 e. The van der Waals surface area contributed by atoms with E-state index in [1.54, 1.807) is 0 Å². The van der Waals surface area contributed by atoms with E-state index in [4.69, 9.17) is 5.11 Å². The summed E-state index contributed by atoms with van der Waals surface area (Å²) in [6.45, 7) is 2.03. The van der Waals surface area contributed by atoms with Gasteiger partial charge in [-0.3, -0.25) is 4.79 Å². The second-order valence-corrected chi connectivity index (χ2v) is 11.6. The van der Waals surface area contributed by atoms with E-state index < -0.39 is 11.4 Å². The summed E-state index contributed by atoms with van der Waals surface area (Å²) in [6.07, 6.45) is 34.0. The molecule has 0 aromatic carbocycles. The van der Waals surface area contributed by atoms with Gasteiger partial charge < -0.3 is 15.3 Å². The maximum atomic E-state index is 10.8. The van der Waals surface area contributed by atoms with Crippen LogP contribution in [0.2, 0.25) is 0 Å². The van der Waals surface area contributed by atoms with Gasteiger partial charge in [0, 0.05) is 11.8 Å². The molecule has 0 radical (unpaired) electrons. The smallest absolute Gasteiger partial charge is 0.303 e. The topological polar surface area (TPSA) is 77.8 Å². The lowest BCUT2D eigenvalue weighted by atomic mass is 9.80. The van der Waals surface area contributed by atoms with E-state index in [0.717, 1.165) is 12.8 Å². The van der Waals surface area contributed by atoms with Crippen molar-refractivity contribution in [1.29, 1.82) is 0 Å². The Labute approximate surface area is 225 Å². The predicted octanol–water partition coefficient (Wildman–Crippen LogP) is 9.59. The summed E-state index contributed by atoms with van der Waals surface area (Å²) >= 11 is 0. The molecule has 0 aliphatic rings. The Morgan fingerprint density at radius 1 is 0.472 bits per heavy atom. The van der Waals surface area contributed by atoms with Crippen LogP contribution in [-0.2, 0) is 4.79 Å². The summed E-state index contributed by atoms with van der Waals surface area (Å²) < 4.78 is 0. The van der Waals surface area contributed by atoms with Gasteiger partial charge in [0.15, 0.2) is 0 Å². The number of carboxylic acids is 1. The molecule has 0 atom stereocenters. The largest absolute Gasteiger partial charge is 0.481 e. The van der Waals surface area contributed by atoms with Gasteiger partial charge in [-0.05, 0) is 12.8 Å². The number of hydrogen-bond acceptors (Lipinski definition) is 3. The third-order valence-electron chi connectivity index (χ3n) is 8.10. The van der Waals surface area contributed by atoms with E-state index in [1.807, 2.05) is 0 Å². The highest BCUT2D eigenvalue weighted by atomic mass is 16.4. The maximum Gasteiger partial charge on any atom is 0.303 e. The van der Waals surface area contributed by atoms with Crippen LogP contribution in [0.1, 0.15) is 180 Å². The van der Waals surface area contributed by atoms with Gasteiger partial charge in [-0.2, -0.15) is 0 Å². The molecule has 36 heavy (non-hydrogen) atoms. The van der Waals surface area contributed by atoms with E-state index in [9.17, 15) is 15.0 Å². The lowest BCUT2D eigenvalue weighted by Gasteiger charge is -2.29. The molecule has 0 heterocycles. The number of aliphatic carboxylic acids is 1. The predicted molar refractivity (Wildman–Crippen MR) is 155 cm³/mol. The highest BCUT2D eigenvalue weighted by Crippen LogP contribution is 2.30. The van der Waals surface area contributed by atoms with Crippen molar-refractivity contribution in [3.8, 4) is 0 Å². The fourth-order valence-corrected chi connectivity index (χ4v) is 5.33. The monoisotopic (exact) mass is 512 g/mol. The molecule has 216 valence electrons. The van der Waals surface area contributed by atoms with Crippen molar-refractivity contribution >= 4 is 5.97 Å². The molecule has 0 amide bonds. The number of aliphatic hydroxyl groups is 2. The highest BCUT2D eigenvalue weighted by molar-refractivity contribution is 5.66. The zero-order valence-corrected chi connectivity index (χ0v) is 24.3. The van der Waals surface area contributed by atoms with E-state index in [2.05, 4.69) is 6.92 Å². The van der Waals surface area contributed by atoms with Crippen molar-refractivity contribution in [3.05, 3.63) is 0 Å². The molecule has 0 saturated carbocycles. The summed E-state index contributed by atoms with van der Waals surface area (Å²) in [6, 6.07) is 0. The van der Waals surface area contributed by atoms with E-state index in [-0.39, 0.29) is 19.6 Å². The summed E-state index contributed by atoms with van der Waals surface area (Å²) in [5, 5.41) is 28.1. The first-order valence-corrected chi connectivity index (χ1v) is 16.0. The molecule has 4 heteroatoms. The Morgan fingerprint density at radius 3 is 1.00 bits per heavy atom. The second kappa shape index (κ2) is 27.4. The lowest BCUT2D eigenvalue weighted by molar-refractivity contribution is -0.138. The van der Waals surface area contributed by atoms with Crippen molar-refractivity contribution < 1.29 is 20.1 Å². The van der Waals surface area contributed by atoms with E-state index in [1.165, 1.54) is 141 Å². The highest BCUT2D eigenvalue weighted by Gasteiger charge is 2.28. The SMILES string of the molecule is CCCCCCCCCCCCCCCCCCCCCCCCCCC(CO)(CO)CCC(=O)O. The summed E-state index contributed by atoms with van der Waals surface area (Å²) in [7, 11) is 0. The fraction of sp³-hybridized carbons (Fsp3) is 0.969. The molecule has 3 N–H and O–H groups in total. The number of aliphatic hydroxyl groups excluding tert-OH is 2. The van der Waals surface area contributed by atoms with Crippen LogP contribution >= 0.6 is 0 Å². The molecule has 0 rings (SSSR count). The van der Waals surface area contributed by atoms with Crippen molar-refractivity contribution in [3.63, 3.8) is 0 Å². The van der Waals surface area contributed by atoms with Crippen molar-refractivity contribution in [1.82, 2.24) is 0 Å². The Balaban J connectivity index is 3.29. The number of unbranched alkanes of at least 4 members (excludes halogenated alkanes) is 23. The number of hydrogen-bond donors (Lipinski definition) is 3. The molecule has 0 fully saturated rings. The second-order valence-electron chi connectivity index (χ2n) is 11.6. The zero-order valence-electron chi connectivity index (χ0n) is 24.3. The van der Waals surface area contributed by atoms with Crippen molar-refractivity contribution in [2.45, 2.75) is 180 Å². The van der Waals surface area contributed by atoms with Crippen LogP contribution in [0.5, 0.6) is 0 Å². The standard InChI is InChI=1S/C32H64O4/c1-2-3-4-5-6-7-8-9-10-11-12-13-14-15-16-17-18-19-20-21-22-23-24-25-27-32(29-33,30-34)28-26-31(35)36/h33-34H,2-30H2,1H3,(H,35,36). The van der Waals surface area contributed by atoms with Gasteiger partial charge in [0.2, 0.25) is 0 Å². The minimum atomic E-state index is -0.860. The average molecular weight is 513 g/mol. The lowest BCUT2D eigenvalue weighted by Crippen LogP contribution is -2.30. The van der Waals surface area contributed by atoms with Gasteiger partial charge in [-0.1, -0.05) is 161 Å². The summed E-state index contributed by atoms with van der Waals surface area (Å²) in [5.74, 6) is -0.860. The Bertz CT molecular complexity index is 447. The molecule has 0 aliphatic carbocycles. The maximum absolute atomic E-state index is 10.8. The van der Waals surface area contributed by atoms with E-state index in [0.29, 0.717) is 12.8 Å². The molecule has 0 unspecified atom stereocenters. The first-order valence-electron chi connectivity index (χ1n) is 16.0. The summed E-state index contributed by atoms with van der Waals surface area (Å²) in [4.78, 5) is 10.8.